The van der Waals surface area contributed by atoms with Gasteiger partial charge in [-0.2, -0.15) is 0 Å². The zero-order valence-corrected chi connectivity index (χ0v) is 13.4. The Labute approximate surface area is 131 Å². The van der Waals surface area contributed by atoms with Gasteiger partial charge in [-0.3, -0.25) is 4.79 Å². The smallest absolute Gasteiger partial charge is 0.179 e. The van der Waals surface area contributed by atoms with Crippen LogP contribution in [-0.4, -0.2) is 35.8 Å². The highest BCUT2D eigenvalue weighted by molar-refractivity contribution is 6.02. The summed E-state index contributed by atoms with van der Waals surface area (Å²) in [5.74, 6) is 2.13. The van der Waals surface area contributed by atoms with Crippen molar-refractivity contribution in [3.8, 4) is 0 Å². The molecule has 2 heterocycles. The first-order chi connectivity index (χ1) is 10.7. The van der Waals surface area contributed by atoms with Crippen molar-refractivity contribution in [1.82, 2.24) is 9.88 Å². The summed E-state index contributed by atoms with van der Waals surface area (Å²) in [7, 11) is 2.22. The lowest BCUT2D eigenvalue weighted by Crippen LogP contribution is -2.45. The molecule has 1 aliphatic heterocycles. The number of fused-ring (bicyclic) bond motifs is 4. The van der Waals surface area contributed by atoms with E-state index >= 15 is 0 Å². The molecule has 1 fully saturated rings. The van der Waals surface area contributed by atoms with Gasteiger partial charge in [0, 0.05) is 30.4 Å². The number of carbonyl (C=O) groups is 1. The number of nitrogens with zero attached hydrogens (tertiary/aromatic N) is 1. The average Bonchev–Trinajstić information content (AvgIpc) is 2.82. The van der Waals surface area contributed by atoms with Gasteiger partial charge in [0.25, 0.3) is 0 Å². The van der Waals surface area contributed by atoms with Gasteiger partial charge in [0.05, 0.1) is 5.69 Å². The number of para-hydroxylation sites is 1. The van der Waals surface area contributed by atoms with Gasteiger partial charge >= 0.3 is 0 Å². The van der Waals surface area contributed by atoms with Crippen LogP contribution >= 0.6 is 0 Å². The van der Waals surface area contributed by atoms with Crippen molar-refractivity contribution < 1.29 is 4.79 Å². The van der Waals surface area contributed by atoms with Crippen LogP contribution in [0.4, 0.5) is 0 Å². The molecule has 2 aliphatic rings. The summed E-state index contributed by atoms with van der Waals surface area (Å²) < 4.78 is 0. The number of aromatic nitrogens is 1. The molecule has 3 atom stereocenters. The first kappa shape index (κ1) is 14.0. The number of H-pyrrole nitrogens is 1. The molecular weight excluding hydrogens is 272 g/mol. The third-order valence-electron chi connectivity index (χ3n) is 5.81. The molecule has 3 heteroatoms. The number of ketones is 1. The summed E-state index contributed by atoms with van der Waals surface area (Å²) in [5, 5.41) is 1.24. The highest BCUT2D eigenvalue weighted by atomic mass is 16.1. The van der Waals surface area contributed by atoms with Crippen LogP contribution in [0.2, 0.25) is 0 Å². The van der Waals surface area contributed by atoms with Gasteiger partial charge in [-0.15, -0.1) is 0 Å². The molecule has 1 aliphatic carbocycles. The van der Waals surface area contributed by atoms with E-state index in [-0.39, 0.29) is 0 Å². The number of benzene rings is 1. The molecule has 2 aromatic rings. The predicted octanol–water partition coefficient (Wildman–Crippen LogP) is 3.50. The molecule has 0 spiro atoms. The molecule has 4 rings (SSSR count). The number of rotatable bonds is 1. The highest BCUT2D eigenvalue weighted by Crippen LogP contribution is 2.40. The molecule has 1 saturated heterocycles. The minimum absolute atomic E-state index is 0.321. The number of piperidine rings is 1. The van der Waals surface area contributed by atoms with E-state index in [1.54, 1.807) is 0 Å². The molecule has 116 valence electrons. The molecule has 0 unspecified atom stereocenters. The predicted molar refractivity (Wildman–Crippen MR) is 89.2 cm³/mol. The number of carbonyl (C=O) groups excluding carboxylic acids is 1. The molecule has 0 radical (unpaired) electrons. The van der Waals surface area contributed by atoms with Crippen molar-refractivity contribution in [2.75, 3.05) is 20.1 Å². The molecule has 1 aromatic carbocycles. The van der Waals surface area contributed by atoms with Crippen molar-refractivity contribution in [1.29, 1.82) is 0 Å². The number of Topliss-reactive ketones (excluding diaryl/α,β-unsaturated/α-hetero) is 1. The van der Waals surface area contributed by atoms with Crippen molar-refractivity contribution >= 4 is 16.7 Å². The summed E-state index contributed by atoms with van der Waals surface area (Å²) in [6, 6.07) is 8.34. The van der Waals surface area contributed by atoms with E-state index in [0.29, 0.717) is 23.5 Å². The molecule has 1 N–H and O–H groups in total. The fourth-order valence-corrected chi connectivity index (χ4v) is 4.74. The monoisotopic (exact) mass is 296 g/mol. The number of likely N-dealkylation sites (tertiary alicyclic amines) is 1. The Kier molecular flexibility index (Phi) is 3.33. The molecule has 0 amide bonds. The lowest BCUT2D eigenvalue weighted by atomic mass is 9.73. The summed E-state index contributed by atoms with van der Waals surface area (Å²) >= 11 is 0. The van der Waals surface area contributed by atoms with Gasteiger partial charge in [-0.1, -0.05) is 31.5 Å². The Bertz CT molecular complexity index is 717. The zero-order chi connectivity index (χ0) is 15.3. The highest BCUT2D eigenvalue weighted by Gasteiger charge is 2.39. The summed E-state index contributed by atoms with van der Waals surface area (Å²) in [6.45, 7) is 4.53. The van der Waals surface area contributed by atoms with Crippen LogP contribution in [0.25, 0.3) is 10.9 Å². The number of nitrogens with one attached hydrogen (secondary N) is 1. The van der Waals surface area contributed by atoms with Crippen molar-refractivity contribution in [2.24, 2.45) is 17.8 Å². The van der Waals surface area contributed by atoms with E-state index in [2.05, 4.69) is 42.1 Å². The Morgan fingerprint density at radius 2 is 2.05 bits per heavy atom. The van der Waals surface area contributed by atoms with Crippen LogP contribution in [-0.2, 0) is 6.42 Å². The first-order valence-corrected chi connectivity index (χ1v) is 8.48. The van der Waals surface area contributed by atoms with Gasteiger partial charge in [-0.25, -0.2) is 0 Å². The molecule has 1 aromatic heterocycles. The number of hydrogen-bond donors (Lipinski definition) is 1. The normalized spacial score (nSPS) is 29.2. The van der Waals surface area contributed by atoms with Crippen LogP contribution in [0, 0.1) is 17.8 Å². The Morgan fingerprint density at radius 3 is 2.86 bits per heavy atom. The molecule has 22 heavy (non-hydrogen) atoms. The van der Waals surface area contributed by atoms with E-state index in [0.717, 1.165) is 37.1 Å². The SMILES string of the molecule is CC[C@H]1CN(C)C[C@@H]2Cc3c([nH]c4ccccc34)C(=O)C[C@@H]12. The maximum atomic E-state index is 12.8. The van der Waals surface area contributed by atoms with Crippen molar-refractivity contribution in [3.05, 3.63) is 35.5 Å². The first-order valence-electron chi connectivity index (χ1n) is 8.48. The maximum absolute atomic E-state index is 12.8. The molecule has 3 nitrogen and oxygen atoms in total. The zero-order valence-electron chi connectivity index (χ0n) is 13.4. The van der Waals surface area contributed by atoms with E-state index in [4.69, 9.17) is 0 Å². The standard InChI is InChI=1S/C19H24N2O/c1-3-12-10-21(2)11-13-8-16-14-6-4-5-7-17(14)20-19(16)18(22)9-15(12)13/h4-7,12-13,15,20H,3,8-11H2,1-2H3/t12-,13-,15-/m0/s1. The van der Waals surface area contributed by atoms with Crippen LogP contribution < -0.4 is 0 Å². The largest absolute Gasteiger partial charge is 0.352 e. The fraction of sp³-hybridized carbons (Fsp3) is 0.526. The van der Waals surface area contributed by atoms with Gasteiger partial charge in [-0.05, 0) is 42.9 Å². The summed E-state index contributed by atoms with van der Waals surface area (Å²) in [4.78, 5) is 18.7. The van der Waals surface area contributed by atoms with Gasteiger partial charge in [0.15, 0.2) is 5.78 Å². The Morgan fingerprint density at radius 1 is 1.23 bits per heavy atom. The molecular formula is C19H24N2O. The van der Waals surface area contributed by atoms with E-state index in [1.807, 2.05) is 6.07 Å². The maximum Gasteiger partial charge on any atom is 0.179 e. The summed E-state index contributed by atoms with van der Waals surface area (Å²) in [5.41, 5.74) is 3.25. The lowest BCUT2D eigenvalue weighted by Gasteiger charge is -2.41. The van der Waals surface area contributed by atoms with E-state index in [9.17, 15) is 4.79 Å². The quantitative estimate of drug-likeness (QED) is 0.874. The topological polar surface area (TPSA) is 36.1 Å². The van der Waals surface area contributed by atoms with E-state index in [1.165, 1.54) is 17.4 Å². The third kappa shape index (κ3) is 2.11. The van der Waals surface area contributed by atoms with Crippen LogP contribution in [0.1, 0.15) is 35.8 Å². The summed E-state index contributed by atoms with van der Waals surface area (Å²) in [6.07, 6.45) is 2.93. The van der Waals surface area contributed by atoms with Gasteiger partial charge in [0.1, 0.15) is 0 Å². The van der Waals surface area contributed by atoms with Gasteiger partial charge in [0.2, 0.25) is 0 Å². The lowest BCUT2D eigenvalue weighted by molar-refractivity contribution is 0.0638. The molecule has 0 saturated carbocycles. The van der Waals surface area contributed by atoms with Crippen LogP contribution in [0.3, 0.4) is 0 Å². The second kappa shape index (κ2) is 5.24. The number of hydrogen-bond acceptors (Lipinski definition) is 2. The number of aromatic amines is 1. The average molecular weight is 296 g/mol. The second-order valence-corrected chi connectivity index (χ2v) is 7.17. The Hall–Kier alpha value is -1.61. The minimum atomic E-state index is 0.321. The van der Waals surface area contributed by atoms with E-state index < -0.39 is 0 Å². The molecule has 0 bridgehead atoms. The van der Waals surface area contributed by atoms with Gasteiger partial charge < -0.3 is 9.88 Å². The minimum Gasteiger partial charge on any atom is -0.352 e. The Balaban J connectivity index is 1.79. The third-order valence-corrected chi connectivity index (χ3v) is 5.81. The fourth-order valence-electron chi connectivity index (χ4n) is 4.74. The van der Waals surface area contributed by atoms with Crippen molar-refractivity contribution in [3.63, 3.8) is 0 Å². The van der Waals surface area contributed by atoms with Crippen LogP contribution in [0.15, 0.2) is 24.3 Å². The second-order valence-electron chi connectivity index (χ2n) is 7.17. The van der Waals surface area contributed by atoms with Crippen molar-refractivity contribution in [2.45, 2.75) is 26.2 Å². The van der Waals surface area contributed by atoms with Crippen LogP contribution in [0.5, 0.6) is 0 Å².